The number of nitrogens with zero attached hydrogens (tertiary/aromatic N) is 2. The molecule has 1 aliphatic heterocycles. The van der Waals surface area contributed by atoms with E-state index < -0.39 is 5.41 Å². The number of hydrogen-bond donors (Lipinski definition) is 0. The number of carbonyl (C=O) groups excluding carboxylic acids is 3. The van der Waals surface area contributed by atoms with E-state index in [4.69, 9.17) is 16.4 Å². The number of Topliss-reactive ketones (excluding diaryl/α,β-unsaturated/α-hetero) is 1. The number of hydroxylamine groups is 2. The van der Waals surface area contributed by atoms with Crippen molar-refractivity contribution in [2.24, 2.45) is 5.41 Å². The maximum absolute atomic E-state index is 11.8. The van der Waals surface area contributed by atoms with Gasteiger partial charge in [0.1, 0.15) is 6.54 Å². The fourth-order valence-electron chi connectivity index (χ4n) is 1.44. The van der Waals surface area contributed by atoms with Crippen molar-refractivity contribution < 1.29 is 19.2 Å². The number of rotatable bonds is 4. The fourth-order valence-corrected chi connectivity index (χ4v) is 1.53. The van der Waals surface area contributed by atoms with E-state index in [1.54, 1.807) is 20.8 Å². The molecule has 1 fully saturated rings. The first-order chi connectivity index (χ1) is 8.74. The molecule has 1 heterocycles. The van der Waals surface area contributed by atoms with E-state index in [-0.39, 0.29) is 36.6 Å². The summed E-state index contributed by atoms with van der Waals surface area (Å²) in [5.74, 6) is -0.931. The molecule has 0 spiro atoms. The van der Waals surface area contributed by atoms with Crippen LogP contribution in [0.4, 0.5) is 0 Å². The maximum Gasteiger partial charge on any atom is 0.330 e. The number of alkyl halides is 1. The highest BCUT2D eigenvalue weighted by Gasteiger charge is 2.31. The van der Waals surface area contributed by atoms with Crippen LogP contribution in [0.1, 0.15) is 20.8 Å². The highest BCUT2D eigenvalue weighted by atomic mass is 35.5. The number of carbonyl (C=O) groups is 3. The van der Waals surface area contributed by atoms with Crippen LogP contribution in [0.25, 0.3) is 0 Å². The van der Waals surface area contributed by atoms with Crippen LogP contribution >= 0.6 is 11.6 Å². The molecule has 0 aromatic rings. The van der Waals surface area contributed by atoms with Gasteiger partial charge in [-0.25, -0.2) is 4.79 Å². The number of amides is 1. The molecule has 6 nitrogen and oxygen atoms in total. The molecule has 1 amide bonds. The van der Waals surface area contributed by atoms with Crippen molar-refractivity contribution in [1.29, 1.82) is 0 Å². The minimum Gasteiger partial charge on any atom is -0.367 e. The molecule has 0 saturated carbocycles. The van der Waals surface area contributed by atoms with Gasteiger partial charge in [-0.05, 0) is 20.8 Å². The van der Waals surface area contributed by atoms with Gasteiger partial charge in [-0.3, -0.25) is 9.59 Å². The topological polar surface area (TPSA) is 66.9 Å². The van der Waals surface area contributed by atoms with Crippen LogP contribution in [-0.2, 0) is 19.2 Å². The van der Waals surface area contributed by atoms with E-state index in [1.807, 2.05) is 0 Å². The van der Waals surface area contributed by atoms with Crippen LogP contribution in [0, 0.1) is 5.41 Å². The Bertz CT molecular complexity index is 378. The third-order valence-electron chi connectivity index (χ3n) is 2.62. The second-order valence-electron chi connectivity index (χ2n) is 5.48. The minimum absolute atomic E-state index is 0.0173. The summed E-state index contributed by atoms with van der Waals surface area (Å²) < 4.78 is 0. The van der Waals surface area contributed by atoms with Gasteiger partial charge in [0.05, 0.1) is 24.4 Å². The Kier molecular flexibility index (Phi) is 5.31. The molecular weight excluding hydrogens is 272 g/mol. The predicted molar refractivity (Wildman–Crippen MR) is 69.4 cm³/mol. The summed E-state index contributed by atoms with van der Waals surface area (Å²) in [7, 11) is 0. The van der Waals surface area contributed by atoms with Gasteiger partial charge in [0, 0.05) is 6.54 Å². The Labute approximate surface area is 117 Å². The molecule has 0 aromatic heterocycles. The maximum atomic E-state index is 11.8. The second-order valence-corrected chi connectivity index (χ2v) is 5.75. The molecule has 0 aliphatic carbocycles. The smallest absolute Gasteiger partial charge is 0.330 e. The molecule has 0 radical (unpaired) electrons. The monoisotopic (exact) mass is 290 g/mol. The Balaban J connectivity index is 2.48. The van der Waals surface area contributed by atoms with Gasteiger partial charge in [-0.1, -0.05) is 0 Å². The summed E-state index contributed by atoms with van der Waals surface area (Å²) in [6.45, 7) is 5.95. The number of hydrogen-bond acceptors (Lipinski definition) is 5. The molecule has 0 aromatic carbocycles. The summed E-state index contributed by atoms with van der Waals surface area (Å²) in [6.07, 6.45) is 0. The molecule has 7 heteroatoms. The Morgan fingerprint density at radius 2 is 1.95 bits per heavy atom. The Hall–Kier alpha value is -1.14. The predicted octanol–water partition coefficient (Wildman–Crippen LogP) is 0.443. The molecule has 1 saturated heterocycles. The first-order valence-corrected chi connectivity index (χ1v) is 6.60. The van der Waals surface area contributed by atoms with Gasteiger partial charge in [0.25, 0.3) is 0 Å². The van der Waals surface area contributed by atoms with Gasteiger partial charge >= 0.3 is 5.97 Å². The normalized spacial score (nSPS) is 17.5. The highest BCUT2D eigenvalue weighted by molar-refractivity contribution is 6.28. The quantitative estimate of drug-likeness (QED) is 0.703. The number of halogens is 1. The molecule has 0 unspecified atom stereocenters. The Morgan fingerprint density at radius 1 is 1.32 bits per heavy atom. The first kappa shape index (κ1) is 15.9. The van der Waals surface area contributed by atoms with Crippen molar-refractivity contribution in [3.05, 3.63) is 0 Å². The van der Waals surface area contributed by atoms with Crippen molar-refractivity contribution in [3.8, 4) is 0 Å². The number of piperazine rings is 1. The van der Waals surface area contributed by atoms with Crippen LogP contribution in [-0.4, -0.2) is 59.7 Å². The summed E-state index contributed by atoms with van der Waals surface area (Å²) in [5.41, 5.74) is -0.616. The van der Waals surface area contributed by atoms with E-state index in [1.165, 1.54) is 9.96 Å². The van der Waals surface area contributed by atoms with E-state index in [9.17, 15) is 14.4 Å². The lowest BCUT2D eigenvalue weighted by Crippen LogP contribution is -2.52. The molecule has 19 heavy (non-hydrogen) atoms. The summed E-state index contributed by atoms with van der Waals surface area (Å²) in [5, 5.41) is 1.33. The van der Waals surface area contributed by atoms with Crippen LogP contribution in [0.3, 0.4) is 0 Å². The van der Waals surface area contributed by atoms with Crippen molar-refractivity contribution in [2.45, 2.75) is 20.8 Å². The van der Waals surface area contributed by atoms with Crippen LogP contribution in [0.15, 0.2) is 0 Å². The highest BCUT2D eigenvalue weighted by Crippen LogP contribution is 2.17. The zero-order chi connectivity index (χ0) is 14.6. The largest absolute Gasteiger partial charge is 0.367 e. The first-order valence-electron chi connectivity index (χ1n) is 6.07. The van der Waals surface area contributed by atoms with Crippen LogP contribution < -0.4 is 0 Å². The summed E-state index contributed by atoms with van der Waals surface area (Å²) >= 11 is 5.40. The van der Waals surface area contributed by atoms with Gasteiger partial charge in [-0.2, -0.15) is 0 Å². The molecule has 0 bridgehead atoms. The molecule has 0 N–H and O–H groups in total. The van der Waals surface area contributed by atoms with Crippen molar-refractivity contribution in [2.75, 3.05) is 32.1 Å². The van der Waals surface area contributed by atoms with Crippen molar-refractivity contribution >= 4 is 29.3 Å². The minimum atomic E-state index is -0.616. The van der Waals surface area contributed by atoms with E-state index >= 15 is 0 Å². The average Bonchev–Trinajstić information content (AvgIpc) is 2.31. The Morgan fingerprint density at radius 3 is 2.42 bits per heavy atom. The lowest BCUT2D eigenvalue weighted by molar-refractivity contribution is -0.207. The van der Waals surface area contributed by atoms with E-state index in [0.29, 0.717) is 13.1 Å². The second kappa shape index (κ2) is 6.34. The summed E-state index contributed by atoms with van der Waals surface area (Å²) in [4.78, 5) is 41.2. The van der Waals surface area contributed by atoms with E-state index in [2.05, 4.69) is 0 Å². The third-order valence-corrected chi connectivity index (χ3v) is 2.92. The lowest BCUT2D eigenvalue weighted by Gasteiger charge is -2.33. The molecule has 108 valence electrons. The zero-order valence-corrected chi connectivity index (χ0v) is 12.2. The lowest BCUT2D eigenvalue weighted by atomic mass is 9.98. The van der Waals surface area contributed by atoms with Gasteiger partial charge < -0.3 is 9.74 Å². The molecular formula is C12H19ClN2O4. The van der Waals surface area contributed by atoms with Crippen LogP contribution in [0.5, 0.6) is 0 Å². The van der Waals surface area contributed by atoms with Gasteiger partial charge in [0.15, 0.2) is 5.78 Å². The average molecular weight is 291 g/mol. The summed E-state index contributed by atoms with van der Waals surface area (Å²) in [6, 6.07) is 0. The van der Waals surface area contributed by atoms with Crippen molar-refractivity contribution in [1.82, 2.24) is 9.96 Å². The molecule has 1 rings (SSSR count). The molecule has 0 atom stereocenters. The SMILES string of the molecule is CC(C)(C)C(=O)ON1CCN(CC(=O)CCl)C(=O)C1. The van der Waals surface area contributed by atoms with Gasteiger partial charge in [-0.15, -0.1) is 16.7 Å². The molecule has 1 aliphatic rings. The van der Waals surface area contributed by atoms with E-state index in [0.717, 1.165) is 0 Å². The third kappa shape index (κ3) is 4.80. The number of ketones is 1. The van der Waals surface area contributed by atoms with Gasteiger partial charge in [0.2, 0.25) is 5.91 Å². The van der Waals surface area contributed by atoms with Crippen molar-refractivity contribution in [3.63, 3.8) is 0 Å². The fraction of sp³-hybridized carbons (Fsp3) is 0.750. The van der Waals surface area contributed by atoms with Crippen LogP contribution in [0.2, 0.25) is 0 Å². The standard InChI is InChI=1S/C12H19ClN2O4/c1-12(2,3)11(18)19-15-5-4-14(10(17)8-15)7-9(16)6-13/h4-8H2,1-3H3. The zero-order valence-electron chi connectivity index (χ0n) is 11.4.